The van der Waals surface area contributed by atoms with Gasteiger partial charge in [-0.3, -0.25) is 4.79 Å². The van der Waals surface area contributed by atoms with Crippen molar-refractivity contribution in [3.63, 3.8) is 0 Å². The van der Waals surface area contributed by atoms with E-state index in [0.29, 0.717) is 37.6 Å². The van der Waals surface area contributed by atoms with Crippen molar-refractivity contribution in [2.24, 2.45) is 11.3 Å². The van der Waals surface area contributed by atoms with Crippen molar-refractivity contribution in [1.82, 2.24) is 4.90 Å². The van der Waals surface area contributed by atoms with Crippen LogP contribution in [0.3, 0.4) is 0 Å². The Balaban J connectivity index is 2.00. The van der Waals surface area contributed by atoms with Gasteiger partial charge in [0, 0.05) is 25.9 Å². The summed E-state index contributed by atoms with van der Waals surface area (Å²) in [5, 5.41) is 0. The molecule has 1 aliphatic heterocycles. The van der Waals surface area contributed by atoms with Crippen LogP contribution in [0.1, 0.15) is 40.5 Å². The molecule has 0 spiro atoms. The van der Waals surface area contributed by atoms with Gasteiger partial charge in [-0.2, -0.15) is 0 Å². The zero-order chi connectivity index (χ0) is 12.8. The molecule has 0 radical (unpaired) electrons. The second-order valence-electron chi connectivity index (χ2n) is 6.63. The van der Waals surface area contributed by atoms with Crippen LogP contribution in [0.15, 0.2) is 0 Å². The summed E-state index contributed by atoms with van der Waals surface area (Å²) in [5.74, 6) is 0.656. The minimum absolute atomic E-state index is 0.0199. The molecule has 2 rings (SSSR count). The van der Waals surface area contributed by atoms with Gasteiger partial charge < -0.3 is 9.64 Å². The topological polar surface area (TPSA) is 46.6 Å². The number of fused-ring (bicyclic) bond motifs is 1. The van der Waals surface area contributed by atoms with E-state index in [-0.39, 0.29) is 11.5 Å². The highest BCUT2D eigenvalue weighted by Gasteiger charge is 2.51. The quantitative estimate of drug-likeness (QED) is 0.651. The predicted molar refractivity (Wildman–Crippen MR) is 63.6 cm³/mol. The second kappa shape index (κ2) is 3.72. The SMILES string of the molecule is CC(C)(C)OC(=O)N1CC2CC(=O)CC2(C)C1. The van der Waals surface area contributed by atoms with Crippen LogP contribution in [0.2, 0.25) is 0 Å². The first-order chi connectivity index (χ1) is 7.70. The van der Waals surface area contributed by atoms with Crippen molar-refractivity contribution >= 4 is 11.9 Å². The fraction of sp³-hybridized carbons (Fsp3) is 0.846. The summed E-state index contributed by atoms with van der Waals surface area (Å²) in [6, 6.07) is 0. The van der Waals surface area contributed by atoms with Gasteiger partial charge in [-0.25, -0.2) is 4.79 Å². The molecule has 2 fully saturated rings. The van der Waals surface area contributed by atoms with E-state index in [9.17, 15) is 9.59 Å². The van der Waals surface area contributed by atoms with E-state index in [2.05, 4.69) is 6.92 Å². The van der Waals surface area contributed by atoms with Crippen molar-refractivity contribution in [1.29, 1.82) is 0 Å². The van der Waals surface area contributed by atoms with Crippen molar-refractivity contribution in [3.8, 4) is 0 Å². The number of likely N-dealkylation sites (tertiary alicyclic amines) is 1. The molecule has 1 saturated carbocycles. The van der Waals surface area contributed by atoms with E-state index < -0.39 is 5.60 Å². The second-order valence-corrected chi connectivity index (χ2v) is 6.63. The van der Waals surface area contributed by atoms with Crippen LogP contribution < -0.4 is 0 Å². The summed E-state index contributed by atoms with van der Waals surface area (Å²) in [7, 11) is 0. The Morgan fingerprint density at radius 2 is 2.12 bits per heavy atom. The third-order valence-electron chi connectivity index (χ3n) is 3.71. The van der Waals surface area contributed by atoms with Crippen LogP contribution in [-0.2, 0) is 9.53 Å². The van der Waals surface area contributed by atoms with Crippen LogP contribution in [0.25, 0.3) is 0 Å². The number of hydrogen-bond donors (Lipinski definition) is 0. The van der Waals surface area contributed by atoms with Crippen LogP contribution in [0.4, 0.5) is 4.79 Å². The van der Waals surface area contributed by atoms with Gasteiger partial charge in [-0.1, -0.05) is 6.92 Å². The number of ketones is 1. The first-order valence-corrected chi connectivity index (χ1v) is 6.19. The normalized spacial score (nSPS) is 32.8. The molecule has 0 N–H and O–H groups in total. The molecular formula is C13H21NO3. The zero-order valence-corrected chi connectivity index (χ0v) is 11.1. The van der Waals surface area contributed by atoms with Gasteiger partial charge in [-0.15, -0.1) is 0 Å². The Morgan fingerprint density at radius 1 is 1.47 bits per heavy atom. The van der Waals surface area contributed by atoms with Gasteiger partial charge in [0.05, 0.1) is 0 Å². The highest BCUT2D eigenvalue weighted by atomic mass is 16.6. The fourth-order valence-electron chi connectivity index (χ4n) is 2.89. The van der Waals surface area contributed by atoms with E-state index >= 15 is 0 Å². The lowest BCUT2D eigenvalue weighted by Crippen LogP contribution is -2.36. The summed E-state index contributed by atoms with van der Waals surface area (Å²) in [4.78, 5) is 25.1. The smallest absolute Gasteiger partial charge is 0.410 e. The number of nitrogens with zero attached hydrogens (tertiary/aromatic N) is 1. The largest absolute Gasteiger partial charge is 0.444 e. The number of rotatable bonds is 0. The third kappa shape index (κ3) is 2.45. The maximum atomic E-state index is 11.9. The summed E-state index contributed by atoms with van der Waals surface area (Å²) in [6.07, 6.45) is 0.979. The summed E-state index contributed by atoms with van der Waals surface area (Å²) < 4.78 is 5.36. The molecule has 17 heavy (non-hydrogen) atoms. The number of amides is 1. The highest BCUT2D eigenvalue weighted by molar-refractivity contribution is 5.83. The molecule has 1 aliphatic carbocycles. The van der Waals surface area contributed by atoms with Gasteiger partial charge in [0.25, 0.3) is 0 Å². The van der Waals surface area contributed by atoms with Crippen LogP contribution in [-0.4, -0.2) is 35.5 Å². The van der Waals surface area contributed by atoms with Crippen molar-refractivity contribution in [2.45, 2.75) is 46.1 Å². The third-order valence-corrected chi connectivity index (χ3v) is 3.71. The molecule has 0 aromatic rings. The fourth-order valence-corrected chi connectivity index (χ4v) is 2.89. The first-order valence-electron chi connectivity index (χ1n) is 6.19. The van der Waals surface area contributed by atoms with Crippen LogP contribution >= 0.6 is 0 Å². The molecule has 96 valence electrons. The predicted octanol–water partition coefficient (Wildman–Crippen LogP) is 2.22. The summed E-state index contributed by atoms with van der Waals surface area (Å²) in [6.45, 7) is 9.02. The van der Waals surface area contributed by atoms with Crippen molar-refractivity contribution < 1.29 is 14.3 Å². The average molecular weight is 239 g/mol. The number of Topliss-reactive ketones (excluding diaryl/α,β-unsaturated/α-hetero) is 1. The minimum Gasteiger partial charge on any atom is -0.444 e. The standard InChI is InChI=1S/C13H21NO3/c1-12(2,3)17-11(16)14-7-9-5-10(15)6-13(9,4)8-14/h9H,5-8H2,1-4H3. The van der Waals surface area contributed by atoms with Crippen molar-refractivity contribution in [3.05, 3.63) is 0 Å². The number of ether oxygens (including phenoxy) is 1. The number of carbonyl (C=O) groups excluding carboxylic acids is 2. The maximum absolute atomic E-state index is 11.9. The van der Waals surface area contributed by atoms with Crippen LogP contribution in [0.5, 0.6) is 0 Å². The Labute approximate surface area is 102 Å². The van der Waals surface area contributed by atoms with E-state index in [4.69, 9.17) is 4.74 Å². The van der Waals surface area contributed by atoms with Gasteiger partial charge in [0.15, 0.2) is 0 Å². The zero-order valence-electron chi connectivity index (χ0n) is 11.1. The Bertz CT molecular complexity index is 358. The highest BCUT2D eigenvalue weighted by Crippen LogP contribution is 2.46. The van der Waals surface area contributed by atoms with E-state index in [1.165, 1.54) is 0 Å². The Kier molecular flexibility index (Phi) is 2.71. The lowest BCUT2D eigenvalue weighted by atomic mass is 9.83. The van der Waals surface area contributed by atoms with E-state index in [0.717, 1.165) is 0 Å². The minimum atomic E-state index is -0.453. The van der Waals surface area contributed by atoms with Gasteiger partial charge in [-0.05, 0) is 32.1 Å². The molecule has 2 aliphatic rings. The molecule has 4 heteroatoms. The molecule has 1 amide bonds. The number of carbonyl (C=O) groups is 2. The molecular weight excluding hydrogens is 218 g/mol. The Morgan fingerprint density at radius 3 is 2.65 bits per heavy atom. The van der Waals surface area contributed by atoms with E-state index in [1.807, 2.05) is 20.8 Å². The molecule has 2 atom stereocenters. The summed E-state index contributed by atoms with van der Waals surface area (Å²) in [5.41, 5.74) is -0.473. The lowest BCUT2D eigenvalue weighted by Gasteiger charge is -2.26. The lowest BCUT2D eigenvalue weighted by molar-refractivity contribution is -0.118. The molecule has 4 nitrogen and oxygen atoms in total. The first kappa shape index (κ1) is 12.4. The molecule has 0 aromatic carbocycles. The monoisotopic (exact) mass is 239 g/mol. The van der Waals surface area contributed by atoms with Gasteiger partial charge in [0.2, 0.25) is 0 Å². The van der Waals surface area contributed by atoms with Crippen molar-refractivity contribution in [2.75, 3.05) is 13.1 Å². The molecule has 0 aromatic heterocycles. The van der Waals surface area contributed by atoms with Gasteiger partial charge >= 0.3 is 6.09 Å². The average Bonchev–Trinajstić information content (AvgIpc) is 2.51. The Hall–Kier alpha value is -1.06. The number of hydrogen-bond acceptors (Lipinski definition) is 3. The van der Waals surface area contributed by atoms with Crippen LogP contribution in [0, 0.1) is 11.3 Å². The molecule has 1 saturated heterocycles. The molecule has 0 bridgehead atoms. The maximum Gasteiger partial charge on any atom is 0.410 e. The van der Waals surface area contributed by atoms with E-state index in [1.54, 1.807) is 4.90 Å². The molecule has 1 heterocycles. The molecule has 2 unspecified atom stereocenters. The van der Waals surface area contributed by atoms with Gasteiger partial charge in [0.1, 0.15) is 11.4 Å². The summed E-state index contributed by atoms with van der Waals surface area (Å²) >= 11 is 0.